The lowest BCUT2D eigenvalue weighted by Gasteiger charge is -2.17. The van der Waals surface area contributed by atoms with Crippen molar-refractivity contribution in [2.24, 2.45) is 5.92 Å². The van der Waals surface area contributed by atoms with Gasteiger partial charge in [-0.25, -0.2) is 9.78 Å². The summed E-state index contributed by atoms with van der Waals surface area (Å²) in [5.41, 5.74) is 4.82. The predicted octanol–water partition coefficient (Wildman–Crippen LogP) is 4.33. The number of aromatic nitrogens is 1. The van der Waals surface area contributed by atoms with E-state index in [2.05, 4.69) is 39.9 Å². The normalized spacial score (nSPS) is 13.9. The molecule has 1 aromatic heterocycles. The number of nitrogens with zero attached hydrogens (tertiary/aromatic N) is 1. The fraction of sp³-hybridized carbons (Fsp3) is 0.308. The molecule has 0 aliphatic heterocycles. The first kappa shape index (κ1) is 24.4. The van der Waals surface area contributed by atoms with Crippen molar-refractivity contribution in [3.05, 3.63) is 75.2 Å². The number of rotatable bonds is 8. The summed E-state index contributed by atoms with van der Waals surface area (Å²) in [5.74, 6) is -2.18. The average molecular weight is 494 g/mol. The minimum Gasteiger partial charge on any atom is -0.481 e. The highest BCUT2D eigenvalue weighted by Gasteiger charge is 2.29. The highest BCUT2D eigenvalue weighted by atomic mass is 32.1. The van der Waals surface area contributed by atoms with E-state index >= 15 is 0 Å². The first-order chi connectivity index (χ1) is 16.8. The lowest BCUT2D eigenvalue weighted by Crippen LogP contribution is -2.40. The lowest BCUT2D eigenvalue weighted by atomic mass is 9.98. The van der Waals surface area contributed by atoms with E-state index in [0.717, 1.165) is 22.3 Å². The molecule has 0 bridgehead atoms. The van der Waals surface area contributed by atoms with Crippen molar-refractivity contribution in [3.8, 4) is 11.1 Å². The van der Waals surface area contributed by atoms with Crippen LogP contribution in [0.4, 0.5) is 4.79 Å². The Morgan fingerprint density at radius 3 is 2.26 bits per heavy atom. The minimum absolute atomic E-state index is 0.0271. The maximum Gasteiger partial charge on any atom is 0.407 e. The molecule has 1 aliphatic carbocycles. The number of carboxylic acid groups (broad SMARTS) is 1. The van der Waals surface area contributed by atoms with Gasteiger partial charge in [0.05, 0.1) is 12.5 Å². The summed E-state index contributed by atoms with van der Waals surface area (Å²) in [6.07, 6.45) is -0.561. The van der Waals surface area contributed by atoms with Gasteiger partial charge in [0.15, 0.2) is 0 Å². The summed E-state index contributed by atoms with van der Waals surface area (Å²) < 4.78 is 5.54. The molecule has 8 nitrogen and oxygen atoms in total. The largest absolute Gasteiger partial charge is 0.481 e. The second-order valence-corrected chi connectivity index (χ2v) is 9.87. The molecular formula is C26H27N3O5S. The molecule has 182 valence electrons. The molecule has 4 rings (SSSR count). The predicted molar refractivity (Wildman–Crippen MR) is 132 cm³/mol. The number of benzene rings is 2. The van der Waals surface area contributed by atoms with Gasteiger partial charge in [-0.3, -0.25) is 9.59 Å². The van der Waals surface area contributed by atoms with E-state index in [-0.39, 0.29) is 24.8 Å². The molecule has 3 aromatic rings. The molecule has 2 unspecified atom stereocenters. The smallest absolute Gasteiger partial charge is 0.407 e. The molecule has 2 amide bonds. The number of amides is 2. The summed E-state index contributed by atoms with van der Waals surface area (Å²) in [4.78, 5) is 41.1. The molecule has 0 spiro atoms. The van der Waals surface area contributed by atoms with Gasteiger partial charge in [0.2, 0.25) is 0 Å². The Labute approximate surface area is 207 Å². The third-order valence-corrected chi connectivity index (χ3v) is 7.25. The summed E-state index contributed by atoms with van der Waals surface area (Å²) in [6.45, 7) is 5.26. The van der Waals surface area contributed by atoms with E-state index in [1.54, 1.807) is 13.8 Å². The maximum absolute atomic E-state index is 12.5. The zero-order valence-electron chi connectivity index (χ0n) is 19.7. The van der Waals surface area contributed by atoms with Gasteiger partial charge < -0.3 is 20.5 Å². The number of aliphatic carboxylic acids is 1. The summed E-state index contributed by atoms with van der Waals surface area (Å²) >= 11 is 1.29. The zero-order chi connectivity index (χ0) is 25.1. The molecule has 1 aliphatic rings. The van der Waals surface area contributed by atoms with Gasteiger partial charge in [-0.15, -0.1) is 11.3 Å². The Bertz CT molecular complexity index is 1230. The molecule has 3 N–H and O–H groups in total. The minimum atomic E-state index is -0.985. The molecule has 0 fully saturated rings. The van der Waals surface area contributed by atoms with Crippen molar-refractivity contribution in [2.45, 2.75) is 39.3 Å². The van der Waals surface area contributed by atoms with Crippen LogP contribution in [-0.2, 0) is 16.1 Å². The van der Waals surface area contributed by atoms with Crippen LogP contribution in [0.1, 0.15) is 51.3 Å². The Hall–Kier alpha value is -3.72. The van der Waals surface area contributed by atoms with Crippen LogP contribution in [0.3, 0.4) is 0 Å². The molecule has 2 atom stereocenters. The van der Waals surface area contributed by atoms with Crippen molar-refractivity contribution in [2.75, 3.05) is 6.61 Å². The molecule has 0 radical (unpaired) electrons. The van der Waals surface area contributed by atoms with E-state index in [0.29, 0.717) is 9.88 Å². The van der Waals surface area contributed by atoms with Crippen LogP contribution >= 0.6 is 11.3 Å². The van der Waals surface area contributed by atoms with E-state index in [1.807, 2.05) is 24.3 Å². The van der Waals surface area contributed by atoms with Crippen LogP contribution in [0.15, 0.2) is 48.5 Å². The van der Waals surface area contributed by atoms with Gasteiger partial charge in [-0.1, -0.05) is 48.5 Å². The van der Waals surface area contributed by atoms with Crippen LogP contribution in [0.25, 0.3) is 11.1 Å². The van der Waals surface area contributed by atoms with Crippen molar-refractivity contribution < 1.29 is 24.2 Å². The lowest BCUT2D eigenvalue weighted by molar-refractivity contribution is -0.141. The number of carbonyl (C=O) groups is 3. The van der Waals surface area contributed by atoms with Gasteiger partial charge in [0, 0.05) is 16.8 Å². The average Bonchev–Trinajstić information content (AvgIpc) is 3.38. The number of ether oxygens (including phenoxy) is 1. The number of nitrogens with one attached hydrogen (secondary N) is 2. The van der Waals surface area contributed by atoms with Crippen molar-refractivity contribution in [3.63, 3.8) is 0 Å². The molecule has 1 heterocycles. The fourth-order valence-corrected chi connectivity index (χ4v) is 5.02. The topological polar surface area (TPSA) is 118 Å². The van der Waals surface area contributed by atoms with Crippen LogP contribution in [0.5, 0.6) is 0 Å². The monoisotopic (exact) mass is 493 g/mol. The second-order valence-electron chi connectivity index (χ2n) is 8.58. The SMILES string of the molecule is Cc1sc(CNC(=O)OCC2c3ccccc3-c3ccccc32)nc1C(=O)NC(C)C(C)C(=O)O. The Balaban J connectivity index is 1.33. The van der Waals surface area contributed by atoms with E-state index in [4.69, 9.17) is 9.84 Å². The summed E-state index contributed by atoms with van der Waals surface area (Å²) in [7, 11) is 0. The molecule has 2 aromatic carbocycles. The maximum atomic E-state index is 12.5. The standard InChI is InChI=1S/C26H27N3O5S/c1-14(25(31)32)15(2)28-24(30)23-16(3)35-22(29-23)12-27-26(33)34-13-21-19-10-6-4-8-17(19)18-9-5-7-11-20(18)21/h4-11,14-15,21H,12-13H2,1-3H3,(H,27,33)(H,28,30)(H,31,32). The highest BCUT2D eigenvalue weighted by Crippen LogP contribution is 2.44. The fourth-order valence-electron chi connectivity index (χ4n) is 4.15. The quantitative estimate of drug-likeness (QED) is 0.430. The van der Waals surface area contributed by atoms with Gasteiger partial charge in [-0.05, 0) is 43.0 Å². The van der Waals surface area contributed by atoms with Crippen LogP contribution in [0, 0.1) is 12.8 Å². The van der Waals surface area contributed by atoms with Crippen LogP contribution < -0.4 is 10.6 Å². The molecule has 35 heavy (non-hydrogen) atoms. The van der Waals surface area contributed by atoms with Gasteiger partial charge in [0.1, 0.15) is 17.3 Å². The summed E-state index contributed by atoms with van der Waals surface area (Å²) in [6, 6.07) is 15.7. The third-order valence-electron chi connectivity index (χ3n) is 6.28. The van der Waals surface area contributed by atoms with Gasteiger partial charge in [0.25, 0.3) is 5.91 Å². The van der Waals surface area contributed by atoms with E-state index in [9.17, 15) is 14.4 Å². The number of thiazole rings is 1. The van der Waals surface area contributed by atoms with E-state index in [1.165, 1.54) is 18.3 Å². The number of carboxylic acids is 1. The number of hydrogen-bond acceptors (Lipinski definition) is 6. The first-order valence-electron chi connectivity index (χ1n) is 11.3. The van der Waals surface area contributed by atoms with Gasteiger partial charge in [-0.2, -0.15) is 0 Å². The first-order valence-corrected chi connectivity index (χ1v) is 12.2. The number of alkyl carbamates (subject to hydrolysis) is 1. The number of aryl methyl sites for hydroxylation is 1. The third kappa shape index (κ3) is 5.19. The van der Waals surface area contributed by atoms with Crippen LogP contribution in [0.2, 0.25) is 0 Å². The summed E-state index contributed by atoms with van der Waals surface area (Å²) in [5, 5.41) is 15.0. The Morgan fingerprint density at radius 1 is 1.06 bits per heavy atom. The van der Waals surface area contributed by atoms with Crippen LogP contribution in [-0.4, -0.2) is 40.7 Å². The molecule has 0 saturated carbocycles. The molecule has 0 saturated heterocycles. The molecule has 9 heteroatoms. The number of hydrogen-bond donors (Lipinski definition) is 3. The van der Waals surface area contributed by atoms with Gasteiger partial charge >= 0.3 is 12.1 Å². The second kappa shape index (κ2) is 10.3. The zero-order valence-corrected chi connectivity index (χ0v) is 20.5. The van der Waals surface area contributed by atoms with Crippen molar-refractivity contribution in [1.29, 1.82) is 0 Å². The molecular weight excluding hydrogens is 466 g/mol. The Morgan fingerprint density at radius 2 is 1.66 bits per heavy atom. The Kier molecular flexibility index (Phi) is 7.16. The number of carbonyl (C=O) groups excluding carboxylic acids is 2. The van der Waals surface area contributed by atoms with Crippen molar-refractivity contribution >= 4 is 29.3 Å². The highest BCUT2D eigenvalue weighted by molar-refractivity contribution is 7.11. The van der Waals surface area contributed by atoms with Crippen molar-refractivity contribution in [1.82, 2.24) is 15.6 Å². The number of fused-ring (bicyclic) bond motifs is 3. The van der Waals surface area contributed by atoms with E-state index < -0.39 is 29.9 Å².